The first kappa shape index (κ1) is 12.7. The standard InChI is InChI=1S/C11H11FO3S/c1-2-15-10(14)7-16-11-8(6-13)4-3-5-9(11)12/h3-6H,2,7H2,1H3. The van der Waals surface area contributed by atoms with Gasteiger partial charge >= 0.3 is 5.97 Å². The van der Waals surface area contributed by atoms with Crippen molar-refractivity contribution in [2.45, 2.75) is 11.8 Å². The molecule has 0 saturated heterocycles. The lowest BCUT2D eigenvalue weighted by atomic mass is 10.2. The number of halogens is 1. The molecular weight excluding hydrogens is 231 g/mol. The Morgan fingerprint density at radius 1 is 1.56 bits per heavy atom. The van der Waals surface area contributed by atoms with E-state index in [4.69, 9.17) is 4.74 Å². The summed E-state index contributed by atoms with van der Waals surface area (Å²) >= 11 is 0.966. The van der Waals surface area contributed by atoms with Crippen LogP contribution in [0, 0.1) is 5.82 Å². The van der Waals surface area contributed by atoms with Crippen molar-refractivity contribution >= 4 is 24.0 Å². The molecule has 86 valence electrons. The van der Waals surface area contributed by atoms with E-state index >= 15 is 0 Å². The van der Waals surface area contributed by atoms with Gasteiger partial charge in [-0.05, 0) is 13.0 Å². The molecule has 1 aromatic carbocycles. The number of rotatable bonds is 5. The second-order valence-corrected chi connectivity index (χ2v) is 3.86. The van der Waals surface area contributed by atoms with Crippen LogP contribution in [0.25, 0.3) is 0 Å². The molecule has 5 heteroatoms. The second kappa shape index (κ2) is 6.27. The van der Waals surface area contributed by atoms with E-state index in [9.17, 15) is 14.0 Å². The maximum atomic E-state index is 13.3. The van der Waals surface area contributed by atoms with E-state index in [0.717, 1.165) is 11.8 Å². The summed E-state index contributed by atoms with van der Waals surface area (Å²) in [5.41, 5.74) is 0.245. The summed E-state index contributed by atoms with van der Waals surface area (Å²) in [5.74, 6) is -0.929. The highest BCUT2D eigenvalue weighted by molar-refractivity contribution is 8.00. The molecule has 0 spiro atoms. The van der Waals surface area contributed by atoms with Crippen molar-refractivity contribution in [3.63, 3.8) is 0 Å². The number of ether oxygens (including phenoxy) is 1. The Bertz CT molecular complexity index is 393. The van der Waals surface area contributed by atoms with Gasteiger partial charge in [-0.15, -0.1) is 11.8 Å². The first-order valence-corrected chi connectivity index (χ1v) is 5.69. The zero-order chi connectivity index (χ0) is 12.0. The monoisotopic (exact) mass is 242 g/mol. The Labute approximate surface area is 97.0 Å². The van der Waals surface area contributed by atoms with Gasteiger partial charge in [-0.2, -0.15) is 0 Å². The minimum absolute atomic E-state index is 0.00435. The molecule has 1 aromatic rings. The highest BCUT2D eigenvalue weighted by Crippen LogP contribution is 2.24. The SMILES string of the molecule is CCOC(=O)CSc1c(F)cccc1C=O. The van der Waals surface area contributed by atoms with E-state index in [0.29, 0.717) is 6.29 Å². The predicted octanol–water partition coefficient (Wildman–Crippen LogP) is 2.29. The number of thioether (sulfide) groups is 1. The van der Waals surface area contributed by atoms with E-state index in [-0.39, 0.29) is 22.8 Å². The van der Waals surface area contributed by atoms with Crippen LogP contribution in [0.3, 0.4) is 0 Å². The fraction of sp³-hybridized carbons (Fsp3) is 0.273. The number of esters is 1. The van der Waals surface area contributed by atoms with Gasteiger partial charge in [0.2, 0.25) is 0 Å². The molecule has 0 atom stereocenters. The maximum Gasteiger partial charge on any atom is 0.316 e. The fourth-order valence-electron chi connectivity index (χ4n) is 1.10. The van der Waals surface area contributed by atoms with Gasteiger partial charge < -0.3 is 4.74 Å². The molecule has 0 aliphatic rings. The number of hydrogen-bond acceptors (Lipinski definition) is 4. The molecule has 0 heterocycles. The lowest BCUT2D eigenvalue weighted by molar-refractivity contribution is -0.139. The smallest absolute Gasteiger partial charge is 0.316 e. The Balaban J connectivity index is 2.72. The molecule has 0 aromatic heterocycles. The summed E-state index contributed by atoms with van der Waals surface area (Å²) < 4.78 is 18.0. The maximum absolute atomic E-state index is 13.3. The lowest BCUT2D eigenvalue weighted by Gasteiger charge is -2.05. The second-order valence-electron chi connectivity index (χ2n) is 2.87. The van der Waals surface area contributed by atoms with Gasteiger partial charge in [-0.25, -0.2) is 4.39 Å². The van der Waals surface area contributed by atoms with Crippen molar-refractivity contribution in [2.75, 3.05) is 12.4 Å². The molecule has 0 aliphatic heterocycles. The summed E-state index contributed by atoms with van der Waals surface area (Å²) in [6.45, 7) is 1.99. The fourth-order valence-corrected chi connectivity index (χ4v) is 1.94. The van der Waals surface area contributed by atoms with Crippen LogP contribution in [-0.4, -0.2) is 24.6 Å². The van der Waals surface area contributed by atoms with Crippen LogP contribution in [0.5, 0.6) is 0 Å². The van der Waals surface area contributed by atoms with E-state index in [1.54, 1.807) is 6.92 Å². The number of carbonyl (C=O) groups is 2. The van der Waals surface area contributed by atoms with Crippen LogP contribution in [-0.2, 0) is 9.53 Å². The molecule has 0 fully saturated rings. The van der Waals surface area contributed by atoms with Gasteiger partial charge in [-0.3, -0.25) is 9.59 Å². The Morgan fingerprint density at radius 2 is 2.31 bits per heavy atom. The van der Waals surface area contributed by atoms with Gasteiger partial charge in [0.05, 0.1) is 17.3 Å². The predicted molar refractivity (Wildman–Crippen MR) is 59.1 cm³/mol. The highest BCUT2D eigenvalue weighted by Gasteiger charge is 2.11. The molecule has 0 bridgehead atoms. The van der Waals surface area contributed by atoms with Crippen molar-refractivity contribution in [3.05, 3.63) is 29.6 Å². The normalized spacial score (nSPS) is 9.88. The molecule has 1 rings (SSSR count). The van der Waals surface area contributed by atoms with Crippen molar-refractivity contribution < 1.29 is 18.7 Å². The van der Waals surface area contributed by atoms with Crippen LogP contribution < -0.4 is 0 Å². The first-order valence-electron chi connectivity index (χ1n) is 4.71. The highest BCUT2D eigenvalue weighted by atomic mass is 32.2. The Hall–Kier alpha value is -1.36. The molecule has 16 heavy (non-hydrogen) atoms. The summed E-state index contributed by atoms with van der Waals surface area (Å²) in [5, 5.41) is 0. The number of aldehydes is 1. The molecule has 0 N–H and O–H groups in total. The summed E-state index contributed by atoms with van der Waals surface area (Å²) in [4.78, 5) is 21.9. The van der Waals surface area contributed by atoms with Crippen molar-refractivity contribution in [1.82, 2.24) is 0 Å². The molecule has 0 radical (unpaired) electrons. The number of hydrogen-bond donors (Lipinski definition) is 0. The number of carbonyl (C=O) groups excluding carboxylic acids is 2. The Kier molecular flexibility index (Phi) is 4.98. The van der Waals surface area contributed by atoms with E-state index in [2.05, 4.69) is 0 Å². The van der Waals surface area contributed by atoms with Gasteiger partial charge in [-0.1, -0.05) is 12.1 Å². The van der Waals surface area contributed by atoms with Gasteiger partial charge in [0.15, 0.2) is 6.29 Å². The molecule has 0 amide bonds. The third-order valence-corrected chi connectivity index (χ3v) is 2.86. The van der Waals surface area contributed by atoms with Gasteiger partial charge in [0.1, 0.15) is 5.82 Å². The largest absolute Gasteiger partial charge is 0.465 e. The lowest BCUT2D eigenvalue weighted by Crippen LogP contribution is -2.07. The number of benzene rings is 1. The first-order chi connectivity index (χ1) is 7.69. The van der Waals surface area contributed by atoms with Gasteiger partial charge in [0, 0.05) is 5.56 Å². The third kappa shape index (κ3) is 3.34. The van der Waals surface area contributed by atoms with Gasteiger partial charge in [0.25, 0.3) is 0 Å². The topological polar surface area (TPSA) is 43.4 Å². The molecule has 0 aliphatic carbocycles. The summed E-state index contributed by atoms with van der Waals surface area (Å²) in [6, 6.07) is 4.21. The Morgan fingerprint density at radius 3 is 2.94 bits per heavy atom. The average Bonchev–Trinajstić information content (AvgIpc) is 2.27. The van der Waals surface area contributed by atoms with Crippen LogP contribution in [0.2, 0.25) is 0 Å². The quantitative estimate of drug-likeness (QED) is 0.451. The van der Waals surface area contributed by atoms with Crippen molar-refractivity contribution in [1.29, 1.82) is 0 Å². The molecule has 0 unspecified atom stereocenters. The zero-order valence-electron chi connectivity index (χ0n) is 8.73. The summed E-state index contributed by atoms with van der Waals surface area (Å²) in [7, 11) is 0. The van der Waals surface area contributed by atoms with Crippen LogP contribution in [0.4, 0.5) is 4.39 Å². The minimum Gasteiger partial charge on any atom is -0.465 e. The van der Waals surface area contributed by atoms with Crippen LogP contribution in [0.15, 0.2) is 23.1 Å². The van der Waals surface area contributed by atoms with Crippen LogP contribution in [0.1, 0.15) is 17.3 Å². The third-order valence-electron chi connectivity index (χ3n) is 1.76. The molecule has 0 saturated carbocycles. The minimum atomic E-state index is -0.501. The van der Waals surface area contributed by atoms with E-state index in [1.807, 2.05) is 0 Å². The van der Waals surface area contributed by atoms with E-state index < -0.39 is 11.8 Å². The van der Waals surface area contributed by atoms with Crippen LogP contribution >= 0.6 is 11.8 Å². The molecule has 3 nitrogen and oxygen atoms in total. The van der Waals surface area contributed by atoms with E-state index in [1.165, 1.54) is 18.2 Å². The van der Waals surface area contributed by atoms with Crippen molar-refractivity contribution in [3.8, 4) is 0 Å². The molecular formula is C11H11FO3S. The zero-order valence-corrected chi connectivity index (χ0v) is 9.55. The van der Waals surface area contributed by atoms with Crippen molar-refractivity contribution in [2.24, 2.45) is 0 Å². The average molecular weight is 242 g/mol. The summed E-state index contributed by atoms with van der Waals surface area (Å²) in [6.07, 6.45) is 0.566.